The lowest BCUT2D eigenvalue weighted by molar-refractivity contribution is 0.299. The van der Waals surface area contributed by atoms with Crippen LogP contribution in [0, 0.1) is 18.3 Å². The van der Waals surface area contributed by atoms with Crippen LogP contribution < -0.4 is 9.47 Å². The highest BCUT2D eigenvalue weighted by Crippen LogP contribution is 2.23. The van der Waals surface area contributed by atoms with E-state index in [0.29, 0.717) is 23.7 Å². The molecule has 0 unspecified atom stereocenters. The first-order chi connectivity index (χ1) is 11.1. The number of hydrogen-bond donors (Lipinski definition) is 0. The largest absolute Gasteiger partial charge is 0.501 e. The Morgan fingerprint density at radius 1 is 1.22 bits per heavy atom. The molecule has 0 aliphatic rings. The Labute approximate surface area is 136 Å². The van der Waals surface area contributed by atoms with Crippen molar-refractivity contribution in [3.63, 3.8) is 0 Å². The predicted octanol–water partition coefficient (Wildman–Crippen LogP) is 4.33. The SMILES string of the molecule is CO/C=C(/C)Oc1cc(COc2cccc(C#N)c2)ccc1C. The van der Waals surface area contributed by atoms with E-state index in [4.69, 9.17) is 19.5 Å². The fraction of sp³-hybridized carbons (Fsp3) is 0.211. The van der Waals surface area contributed by atoms with Crippen molar-refractivity contribution in [1.29, 1.82) is 5.26 Å². The standard InChI is InChI=1S/C19H19NO3/c1-14-7-8-17(10-19(14)23-15(2)12-21-3)13-22-18-6-4-5-16(9-18)11-20/h4-10,12H,13H2,1-3H3/b15-12-. The molecule has 2 rings (SSSR count). The van der Waals surface area contributed by atoms with Crippen molar-refractivity contribution in [1.82, 2.24) is 0 Å². The molecule has 0 atom stereocenters. The Bertz CT molecular complexity index is 745. The van der Waals surface area contributed by atoms with E-state index in [-0.39, 0.29) is 0 Å². The minimum atomic E-state index is 0.401. The third-order valence-corrected chi connectivity index (χ3v) is 3.18. The van der Waals surface area contributed by atoms with Crippen LogP contribution in [0.3, 0.4) is 0 Å². The number of nitriles is 1. The molecule has 0 heterocycles. The summed E-state index contributed by atoms with van der Waals surface area (Å²) in [5.41, 5.74) is 2.60. The van der Waals surface area contributed by atoms with Gasteiger partial charge in [0.2, 0.25) is 0 Å². The molecule has 0 aromatic heterocycles. The van der Waals surface area contributed by atoms with Gasteiger partial charge in [0.05, 0.1) is 18.7 Å². The number of benzene rings is 2. The molecule has 0 saturated carbocycles. The molecular weight excluding hydrogens is 290 g/mol. The second-order valence-corrected chi connectivity index (χ2v) is 5.09. The van der Waals surface area contributed by atoms with Crippen molar-refractivity contribution in [2.75, 3.05) is 7.11 Å². The molecule has 4 nitrogen and oxygen atoms in total. The van der Waals surface area contributed by atoms with Crippen LogP contribution in [0.4, 0.5) is 0 Å². The van der Waals surface area contributed by atoms with E-state index in [1.807, 2.05) is 38.1 Å². The van der Waals surface area contributed by atoms with Crippen LogP contribution in [-0.2, 0) is 11.3 Å². The summed E-state index contributed by atoms with van der Waals surface area (Å²) < 4.78 is 16.4. The summed E-state index contributed by atoms with van der Waals surface area (Å²) in [5.74, 6) is 2.11. The Morgan fingerprint density at radius 2 is 2.04 bits per heavy atom. The number of aryl methyl sites for hydroxylation is 1. The summed E-state index contributed by atoms with van der Waals surface area (Å²) >= 11 is 0. The van der Waals surface area contributed by atoms with Crippen molar-refractivity contribution in [3.05, 3.63) is 71.2 Å². The number of rotatable bonds is 6. The number of hydrogen-bond acceptors (Lipinski definition) is 4. The molecule has 2 aromatic rings. The fourth-order valence-corrected chi connectivity index (χ4v) is 2.03. The minimum absolute atomic E-state index is 0.401. The van der Waals surface area contributed by atoms with E-state index in [2.05, 4.69) is 6.07 Å². The minimum Gasteiger partial charge on any atom is -0.501 e. The summed E-state index contributed by atoms with van der Waals surface area (Å²) in [6, 6.07) is 15.1. The van der Waals surface area contributed by atoms with Gasteiger partial charge in [-0.25, -0.2) is 0 Å². The lowest BCUT2D eigenvalue weighted by Crippen LogP contribution is -1.99. The Hall–Kier alpha value is -2.93. The second-order valence-electron chi connectivity index (χ2n) is 5.09. The molecule has 0 aliphatic heterocycles. The maximum absolute atomic E-state index is 8.90. The van der Waals surface area contributed by atoms with Gasteiger partial charge in [-0.15, -0.1) is 0 Å². The number of methoxy groups -OCH3 is 1. The molecule has 118 valence electrons. The maximum Gasteiger partial charge on any atom is 0.135 e. The van der Waals surface area contributed by atoms with Gasteiger partial charge in [-0.2, -0.15) is 5.26 Å². The highest BCUT2D eigenvalue weighted by molar-refractivity contribution is 5.39. The van der Waals surface area contributed by atoms with Crippen LogP contribution in [0.2, 0.25) is 0 Å². The first-order valence-corrected chi connectivity index (χ1v) is 7.22. The lowest BCUT2D eigenvalue weighted by Gasteiger charge is -2.12. The van der Waals surface area contributed by atoms with Crippen LogP contribution >= 0.6 is 0 Å². The summed E-state index contributed by atoms with van der Waals surface area (Å²) in [5, 5.41) is 8.90. The van der Waals surface area contributed by atoms with E-state index in [1.165, 1.54) is 0 Å². The van der Waals surface area contributed by atoms with Gasteiger partial charge in [-0.1, -0.05) is 18.2 Å². The van der Waals surface area contributed by atoms with E-state index in [9.17, 15) is 0 Å². The van der Waals surface area contributed by atoms with Gasteiger partial charge in [0.1, 0.15) is 30.1 Å². The molecule has 0 bridgehead atoms. The molecule has 2 aromatic carbocycles. The quantitative estimate of drug-likeness (QED) is 0.745. The van der Waals surface area contributed by atoms with Crippen LogP contribution in [-0.4, -0.2) is 7.11 Å². The summed E-state index contributed by atoms with van der Waals surface area (Å²) in [4.78, 5) is 0. The molecule has 0 aliphatic carbocycles. The molecule has 0 N–H and O–H groups in total. The van der Waals surface area contributed by atoms with Gasteiger partial charge in [0, 0.05) is 0 Å². The highest BCUT2D eigenvalue weighted by atomic mass is 16.5. The van der Waals surface area contributed by atoms with Crippen LogP contribution in [0.15, 0.2) is 54.5 Å². The zero-order chi connectivity index (χ0) is 16.7. The Kier molecular flexibility index (Phi) is 5.65. The fourth-order valence-electron chi connectivity index (χ4n) is 2.03. The van der Waals surface area contributed by atoms with Crippen LogP contribution in [0.5, 0.6) is 11.5 Å². The summed E-state index contributed by atoms with van der Waals surface area (Å²) in [6.07, 6.45) is 1.55. The molecule has 0 amide bonds. The second kappa shape index (κ2) is 7.90. The van der Waals surface area contributed by atoms with E-state index in [1.54, 1.807) is 31.6 Å². The third-order valence-electron chi connectivity index (χ3n) is 3.18. The third kappa shape index (κ3) is 4.79. The zero-order valence-corrected chi connectivity index (χ0v) is 13.5. The van der Waals surface area contributed by atoms with E-state index >= 15 is 0 Å². The van der Waals surface area contributed by atoms with E-state index < -0.39 is 0 Å². The van der Waals surface area contributed by atoms with Crippen molar-refractivity contribution < 1.29 is 14.2 Å². The average Bonchev–Trinajstić information content (AvgIpc) is 2.56. The Balaban J connectivity index is 2.08. The molecular formula is C19H19NO3. The first-order valence-electron chi connectivity index (χ1n) is 7.22. The zero-order valence-electron chi connectivity index (χ0n) is 13.5. The van der Waals surface area contributed by atoms with Gasteiger partial charge in [-0.3, -0.25) is 0 Å². The lowest BCUT2D eigenvalue weighted by atomic mass is 10.1. The summed E-state index contributed by atoms with van der Waals surface area (Å²) in [7, 11) is 1.58. The first kappa shape index (κ1) is 16.4. The average molecular weight is 309 g/mol. The molecule has 0 radical (unpaired) electrons. The summed E-state index contributed by atoms with van der Waals surface area (Å²) in [6.45, 7) is 4.22. The molecule has 0 fully saturated rings. The van der Waals surface area contributed by atoms with Gasteiger partial charge in [0.25, 0.3) is 0 Å². The highest BCUT2D eigenvalue weighted by Gasteiger charge is 2.05. The topological polar surface area (TPSA) is 51.5 Å². The van der Waals surface area contributed by atoms with Crippen molar-refractivity contribution in [2.24, 2.45) is 0 Å². The molecule has 0 spiro atoms. The molecule has 0 saturated heterocycles. The van der Waals surface area contributed by atoms with Gasteiger partial charge < -0.3 is 14.2 Å². The van der Waals surface area contributed by atoms with Crippen LogP contribution in [0.1, 0.15) is 23.6 Å². The number of allylic oxidation sites excluding steroid dienone is 1. The van der Waals surface area contributed by atoms with Crippen molar-refractivity contribution in [2.45, 2.75) is 20.5 Å². The number of ether oxygens (including phenoxy) is 3. The number of nitrogens with zero attached hydrogens (tertiary/aromatic N) is 1. The Morgan fingerprint density at radius 3 is 2.78 bits per heavy atom. The van der Waals surface area contributed by atoms with Gasteiger partial charge in [-0.05, 0) is 49.2 Å². The van der Waals surface area contributed by atoms with Crippen LogP contribution in [0.25, 0.3) is 0 Å². The predicted molar refractivity (Wildman–Crippen MR) is 88.1 cm³/mol. The van der Waals surface area contributed by atoms with Gasteiger partial charge in [0.15, 0.2) is 0 Å². The van der Waals surface area contributed by atoms with E-state index in [0.717, 1.165) is 16.9 Å². The van der Waals surface area contributed by atoms with Gasteiger partial charge >= 0.3 is 0 Å². The molecule has 23 heavy (non-hydrogen) atoms. The monoisotopic (exact) mass is 309 g/mol. The van der Waals surface area contributed by atoms with Crippen molar-refractivity contribution >= 4 is 0 Å². The molecule has 4 heteroatoms. The maximum atomic E-state index is 8.90. The smallest absolute Gasteiger partial charge is 0.135 e. The van der Waals surface area contributed by atoms with Crippen molar-refractivity contribution in [3.8, 4) is 17.6 Å². The normalized spacial score (nSPS) is 10.8.